The maximum absolute atomic E-state index is 11.6. The van der Waals surface area contributed by atoms with Crippen molar-refractivity contribution in [2.45, 2.75) is 39.3 Å². The fraction of sp³-hybridized carbons (Fsp3) is 0.240. The second kappa shape index (κ2) is 11.7. The van der Waals surface area contributed by atoms with Crippen LogP contribution in [0, 0.1) is 0 Å². The Morgan fingerprint density at radius 2 is 1.85 bits per heavy atom. The predicted octanol–water partition coefficient (Wildman–Crippen LogP) is 5.61. The van der Waals surface area contributed by atoms with Gasteiger partial charge in [-0.1, -0.05) is 60.8 Å². The van der Waals surface area contributed by atoms with Crippen LogP contribution in [0.5, 0.6) is 0 Å². The molecule has 0 saturated carbocycles. The van der Waals surface area contributed by atoms with E-state index in [1.165, 1.54) is 0 Å². The molecule has 0 spiro atoms. The summed E-state index contributed by atoms with van der Waals surface area (Å²) in [7, 11) is 0. The first-order valence-corrected chi connectivity index (χ1v) is 11.4. The third-order valence-electron chi connectivity index (χ3n) is 5.60. The SMILES string of the molecule is CCCCc1nc(Cl)c(CO)n1Cc1ccc2nc(-c3ccccc3C(=O)O)cc(Cl)c2c1.[Na]. The van der Waals surface area contributed by atoms with Gasteiger partial charge in [-0.3, -0.25) is 0 Å². The van der Waals surface area contributed by atoms with E-state index in [2.05, 4.69) is 16.9 Å². The minimum absolute atomic E-state index is 0. The molecule has 4 aromatic rings. The number of pyridine rings is 1. The van der Waals surface area contributed by atoms with Crippen LogP contribution in [0.25, 0.3) is 22.2 Å². The first-order chi connectivity index (χ1) is 15.9. The number of aliphatic hydroxyl groups excluding tert-OH is 1. The molecule has 2 aromatic heterocycles. The van der Waals surface area contributed by atoms with Gasteiger partial charge in [-0.05, 0) is 36.2 Å². The Morgan fingerprint density at radius 1 is 1.09 bits per heavy atom. The number of hydrogen-bond donors (Lipinski definition) is 2. The molecule has 0 saturated heterocycles. The molecular formula is C25H23Cl2N3NaO3. The summed E-state index contributed by atoms with van der Waals surface area (Å²) >= 11 is 12.9. The summed E-state index contributed by atoms with van der Waals surface area (Å²) in [6.45, 7) is 2.41. The Bertz CT molecular complexity index is 1340. The Morgan fingerprint density at radius 3 is 2.56 bits per heavy atom. The summed E-state index contributed by atoms with van der Waals surface area (Å²) in [6, 6.07) is 14.2. The van der Waals surface area contributed by atoms with Crippen molar-refractivity contribution >= 4 is 69.6 Å². The smallest absolute Gasteiger partial charge is 0.336 e. The minimum atomic E-state index is -1.02. The molecule has 0 aliphatic rings. The average molecular weight is 507 g/mol. The minimum Gasteiger partial charge on any atom is -0.478 e. The molecule has 0 aliphatic heterocycles. The second-order valence-electron chi connectivity index (χ2n) is 7.80. The Kier molecular flexibility index (Phi) is 9.15. The summed E-state index contributed by atoms with van der Waals surface area (Å²) < 4.78 is 1.96. The van der Waals surface area contributed by atoms with Crippen molar-refractivity contribution in [2.24, 2.45) is 0 Å². The van der Waals surface area contributed by atoms with Gasteiger partial charge in [-0.15, -0.1) is 0 Å². The van der Waals surface area contributed by atoms with Crippen molar-refractivity contribution in [2.75, 3.05) is 0 Å². The maximum atomic E-state index is 11.6. The van der Waals surface area contributed by atoms with Crippen LogP contribution >= 0.6 is 23.2 Å². The number of aromatic carboxylic acids is 1. The number of unbranched alkanes of at least 4 members (excludes halogenated alkanes) is 1. The zero-order valence-electron chi connectivity index (χ0n) is 19.1. The van der Waals surface area contributed by atoms with Crippen LogP contribution in [-0.2, 0) is 19.6 Å². The molecule has 2 aromatic carbocycles. The van der Waals surface area contributed by atoms with Gasteiger partial charge in [-0.2, -0.15) is 0 Å². The van der Waals surface area contributed by atoms with Crippen LogP contribution in [0.4, 0.5) is 0 Å². The number of hydrogen-bond acceptors (Lipinski definition) is 4. The molecule has 0 amide bonds. The zero-order valence-corrected chi connectivity index (χ0v) is 22.6. The Labute approximate surface area is 229 Å². The average Bonchev–Trinajstić information content (AvgIpc) is 3.11. The van der Waals surface area contributed by atoms with Crippen molar-refractivity contribution in [1.29, 1.82) is 0 Å². The third kappa shape index (κ3) is 5.48. The number of aryl methyl sites for hydroxylation is 1. The van der Waals surface area contributed by atoms with Crippen molar-refractivity contribution in [1.82, 2.24) is 14.5 Å². The van der Waals surface area contributed by atoms with Gasteiger partial charge in [0.15, 0.2) is 5.15 Å². The topological polar surface area (TPSA) is 88.2 Å². The van der Waals surface area contributed by atoms with Crippen LogP contribution in [0.3, 0.4) is 0 Å². The van der Waals surface area contributed by atoms with E-state index >= 15 is 0 Å². The summed E-state index contributed by atoms with van der Waals surface area (Å²) in [5, 5.41) is 20.9. The standard InChI is InChI=1S/C25H23Cl2N3O3.Na/c1-2-3-8-23-29-24(27)22(14-31)30(23)13-15-9-10-20-18(11-15)19(26)12-21(28-20)16-6-4-5-7-17(16)25(32)33;/h4-7,9-12,31H,2-3,8,13-14H2,1H3,(H,32,33);. The van der Waals surface area contributed by atoms with Gasteiger partial charge in [0, 0.05) is 53.5 Å². The number of aliphatic hydroxyl groups is 1. The number of carbonyl (C=O) groups is 1. The first-order valence-electron chi connectivity index (χ1n) is 10.7. The molecular weight excluding hydrogens is 484 g/mol. The first kappa shape index (κ1) is 26.7. The zero-order chi connectivity index (χ0) is 23.5. The molecule has 0 bridgehead atoms. The largest absolute Gasteiger partial charge is 0.478 e. The molecule has 9 heteroatoms. The summed E-state index contributed by atoms with van der Waals surface area (Å²) in [4.78, 5) is 20.7. The Balaban J connectivity index is 0.00000324. The predicted molar refractivity (Wildman–Crippen MR) is 136 cm³/mol. The van der Waals surface area contributed by atoms with Crippen molar-refractivity contribution < 1.29 is 15.0 Å². The van der Waals surface area contributed by atoms with Crippen molar-refractivity contribution in [3.8, 4) is 11.3 Å². The normalized spacial score (nSPS) is 10.9. The summed E-state index contributed by atoms with van der Waals surface area (Å²) in [6.07, 6.45) is 2.79. The van der Waals surface area contributed by atoms with Gasteiger partial charge >= 0.3 is 5.97 Å². The molecule has 1 radical (unpaired) electrons. The van der Waals surface area contributed by atoms with E-state index in [1.807, 2.05) is 22.8 Å². The summed E-state index contributed by atoms with van der Waals surface area (Å²) in [5.41, 5.74) is 3.41. The molecule has 2 N–H and O–H groups in total. The molecule has 6 nitrogen and oxygen atoms in total. The van der Waals surface area contributed by atoms with Gasteiger partial charge in [0.25, 0.3) is 0 Å². The van der Waals surface area contributed by atoms with E-state index in [0.717, 1.165) is 36.0 Å². The van der Waals surface area contributed by atoms with Crippen molar-refractivity contribution in [3.63, 3.8) is 0 Å². The molecule has 0 fully saturated rings. The molecule has 34 heavy (non-hydrogen) atoms. The van der Waals surface area contributed by atoms with E-state index in [0.29, 0.717) is 39.2 Å². The van der Waals surface area contributed by atoms with E-state index in [1.54, 1.807) is 30.3 Å². The number of rotatable bonds is 8. The molecule has 171 valence electrons. The van der Waals surface area contributed by atoms with Crippen LogP contribution in [0.2, 0.25) is 10.2 Å². The van der Waals surface area contributed by atoms with Crippen LogP contribution in [0.1, 0.15) is 47.2 Å². The molecule has 0 aliphatic carbocycles. The fourth-order valence-electron chi connectivity index (χ4n) is 3.91. The monoisotopic (exact) mass is 506 g/mol. The number of imidazole rings is 1. The molecule has 4 rings (SSSR count). The number of fused-ring (bicyclic) bond motifs is 1. The van der Waals surface area contributed by atoms with Crippen molar-refractivity contribution in [3.05, 3.63) is 81.4 Å². The quantitative estimate of drug-likeness (QED) is 0.303. The maximum Gasteiger partial charge on any atom is 0.336 e. The van der Waals surface area contributed by atoms with Crippen LogP contribution < -0.4 is 0 Å². The van der Waals surface area contributed by atoms with Gasteiger partial charge in [0.2, 0.25) is 0 Å². The van der Waals surface area contributed by atoms with E-state index in [-0.39, 0.29) is 41.7 Å². The number of aromatic nitrogens is 3. The molecule has 0 atom stereocenters. The van der Waals surface area contributed by atoms with Gasteiger partial charge in [-0.25, -0.2) is 14.8 Å². The van der Waals surface area contributed by atoms with Crippen LogP contribution in [0.15, 0.2) is 48.5 Å². The fourth-order valence-corrected chi connectivity index (χ4v) is 4.43. The van der Waals surface area contributed by atoms with E-state index in [4.69, 9.17) is 23.2 Å². The van der Waals surface area contributed by atoms with E-state index in [9.17, 15) is 15.0 Å². The van der Waals surface area contributed by atoms with Gasteiger partial charge in [0.05, 0.1) is 34.1 Å². The number of carboxylic acid groups (broad SMARTS) is 1. The van der Waals surface area contributed by atoms with Crippen LogP contribution in [-0.4, -0.2) is 60.3 Å². The molecule has 0 unspecified atom stereocenters. The second-order valence-corrected chi connectivity index (χ2v) is 8.57. The molecule has 2 heterocycles. The number of benzene rings is 2. The number of carboxylic acids is 1. The van der Waals surface area contributed by atoms with Gasteiger partial charge in [0.1, 0.15) is 5.82 Å². The Hall–Kier alpha value is -1.93. The van der Waals surface area contributed by atoms with Gasteiger partial charge < -0.3 is 14.8 Å². The third-order valence-corrected chi connectivity index (χ3v) is 6.22. The summed E-state index contributed by atoms with van der Waals surface area (Å²) in [5.74, 6) is -0.174. The number of nitrogens with zero attached hydrogens (tertiary/aromatic N) is 3. The van der Waals surface area contributed by atoms with E-state index < -0.39 is 5.97 Å². The number of halogens is 2.